The average Bonchev–Trinajstić information content (AvgIpc) is 2.63. The monoisotopic (exact) mass is 444 g/mol. The summed E-state index contributed by atoms with van der Waals surface area (Å²) in [5.41, 5.74) is 4.36. The van der Waals surface area contributed by atoms with Crippen molar-refractivity contribution in [3.05, 3.63) is 99.0 Å². The highest BCUT2D eigenvalue weighted by Crippen LogP contribution is 2.26. The van der Waals surface area contributed by atoms with Crippen LogP contribution >= 0.6 is 39.7 Å². The predicted molar refractivity (Wildman–Crippen MR) is 118 cm³/mol. The molecule has 2 N–H and O–H groups in total. The zero-order valence-corrected chi connectivity index (χ0v) is 17.3. The summed E-state index contributed by atoms with van der Waals surface area (Å²) in [6.07, 6.45) is 0. The quantitative estimate of drug-likeness (QED) is 0.449. The van der Waals surface area contributed by atoms with E-state index in [1.165, 1.54) is 5.56 Å². The molecule has 0 spiro atoms. The van der Waals surface area contributed by atoms with Crippen molar-refractivity contribution < 1.29 is 0 Å². The number of aryl methyl sites for hydroxylation is 1. The maximum atomic E-state index is 6.16. The molecule has 0 amide bonds. The number of thiocarbonyl (C=S) groups is 1. The average molecular weight is 446 g/mol. The van der Waals surface area contributed by atoms with Crippen LogP contribution in [-0.4, -0.2) is 5.11 Å². The molecule has 0 saturated heterocycles. The molecule has 0 fully saturated rings. The van der Waals surface area contributed by atoms with Gasteiger partial charge in [-0.1, -0.05) is 71.8 Å². The zero-order chi connectivity index (χ0) is 18.5. The van der Waals surface area contributed by atoms with E-state index in [4.69, 9.17) is 23.8 Å². The first-order chi connectivity index (χ1) is 12.5. The van der Waals surface area contributed by atoms with Crippen molar-refractivity contribution >= 4 is 50.5 Å². The number of anilines is 1. The Morgan fingerprint density at radius 3 is 2.38 bits per heavy atom. The minimum atomic E-state index is -0.0398. The highest BCUT2D eigenvalue weighted by Gasteiger charge is 2.15. The molecule has 3 aromatic rings. The second-order valence-electron chi connectivity index (χ2n) is 5.99. The summed E-state index contributed by atoms with van der Waals surface area (Å²) in [4.78, 5) is 0. The minimum absolute atomic E-state index is 0.0398. The summed E-state index contributed by atoms with van der Waals surface area (Å²) in [5, 5.41) is 7.81. The second kappa shape index (κ2) is 8.67. The molecule has 0 saturated carbocycles. The molecule has 0 aliphatic heterocycles. The highest BCUT2D eigenvalue weighted by atomic mass is 79.9. The van der Waals surface area contributed by atoms with Crippen molar-refractivity contribution in [2.45, 2.75) is 13.0 Å². The molecule has 0 radical (unpaired) electrons. The summed E-state index contributed by atoms with van der Waals surface area (Å²) < 4.78 is 0.852. The number of hydrogen-bond acceptors (Lipinski definition) is 1. The number of nitrogens with one attached hydrogen (secondary N) is 2. The number of hydrogen-bond donors (Lipinski definition) is 2. The molecule has 0 bridgehead atoms. The lowest BCUT2D eigenvalue weighted by Gasteiger charge is -2.22. The molecule has 0 heterocycles. The zero-order valence-electron chi connectivity index (χ0n) is 14.2. The van der Waals surface area contributed by atoms with Crippen molar-refractivity contribution in [3.63, 3.8) is 0 Å². The van der Waals surface area contributed by atoms with Crippen molar-refractivity contribution in [1.82, 2.24) is 5.32 Å². The van der Waals surface area contributed by atoms with Gasteiger partial charge in [-0.3, -0.25) is 0 Å². The molecule has 3 rings (SSSR count). The maximum absolute atomic E-state index is 6.16. The van der Waals surface area contributed by atoms with E-state index in [9.17, 15) is 0 Å². The fourth-order valence-corrected chi connectivity index (χ4v) is 3.39. The molecular formula is C21H18BrClN2S. The molecule has 0 aliphatic carbocycles. The Labute approximate surface area is 172 Å². The minimum Gasteiger partial charge on any atom is -0.352 e. The van der Waals surface area contributed by atoms with Crippen LogP contribution in [0.3, 0.4) is 0 Å². The van der Waals surface area contributed by atoms with Crippen LogP contribution in [0.2, 0.25) is 5.02 Å². The van der Waals surface area contributed by atoms with E-state index in [1.807, 2.05) is 36.4 Å². The van der Waals surface area contributed by atoms with E-state index in [2.05, 4.69) is 69.9 Å². The number of benzene rings is 3. The van der Waals surface area contributed by atoms with Crippen LogP contribution in [-0.2, 0) is 0 Å². The normalized spacial score (nSPS) is 11.7. The van der Waals surface area contributed by atoms with Crippen LogP contribution in [0.4, 0.5) is 5.69 Å². The second-order valence-corrected chi connectivity index (χ2v) is 7.65. The van der Waals surface area contributed by atoms with Crippen molar-refractivity contribution in [1.29, 1.82) is 0 Å². The van der Waals surface area contributed by atoms with Gasteiger partial charge in [-0.15, -0.1) is 0 Å². The third kappa shape index (κ3) is 4.85. The van der Waals surface area contributed by atoms with Crippen LogP contribution in [0, 0.1) is 6.92 Å². The van der Waals surface area contributed by atoms with Crippen molar-refractivity contribution in [2.75, 3.05) is 5.32 Å². The lowest BCUT2D eigenvalue weighted by Crippen LogP contribution is -2.33. The van der Waals surface area contributed by atoms with E-state index >= 15 is 0 Å². The third-order valence-electron chi connectivity index (χ3n) is 3.96. The van der Waals surface area contributed by atoms with Gasteiger partial charge in [0.15, 0.2) is 5.11 Å². The summed E-state index contributed by atoms with van der Waals surface area (Å²) in [5.74, 6) is 0. The van der Waals surface area contributed by atoms with Crippen molar-refractivity contribution in [2.24, 2.45) is 0 Å². The van der Waals surface area contributed by atoms with E-state index in [0.29, 0.717) is 10.1 Å². The molecular weight excluding hydrogens is 428 g/mol. The molecule has 132 valence electrons. The van der Waals surface area contributed by atoms with Gasteiger partial charge < -0.3 is 10.6 Å². The summed E-state index contributed by atoms with van der Waals surface area (Å²) in [6, 6.07) is 24.3. The first-order valence-electron chi connectivity index (χ1n) is 8.17. The van der Waals surface area contributed by atoms with Gasteiger partial charge >= 0.3 is 0 Å². The Balaban J connectivity index is 1.83. The van der Waals surface area contributed by atoms with E-state index in [1.54, 1.807) is 0 Å². The highest BCUT2D eigenvalue weighted by molar-refractivity contribution is 9.10. The molecule has 2 nitrogen and oxygen atoms in total. The molecule has 1 atom stereocenters. The summed E-state index contributed by atoms with van der Waals surface area (Å²) >= 11 is 15.1. The van der Waals surface area contributed by atoms with Crippen LogP contribution in [0.15, 0.2) is 77.3 Å². The predicted octanol–water partition coefficient (Wildman–Crippen LogP) is 6.49. The first kappa shape index (κ1) is 18.9. The van der Waals surface area contributed by atoms with Crippen LogP contribution in [0.1, 0.15) is 22.7 Å². The van der Waals surface area contributed by atoms with Gasteiger partial charge in [-0.2, -0.15) is 0 Å². The van der Waals surface area contributed by atoms with E-state index in [-0.39, 0.29) is 6.04 Å². The molecule has 5 heteroatoms. The topological polar surface area (TPSA) is 24.1 Å². The van der Waals surface area contributed by atoms with Crippen LogP contribution < -0.4 is 10.6 Å². The molecule has 3 aromatic carbocycles. The Hall–Kier alpha value is -1.88. The first-order valence-corrected chi connectivity index (χ1v) is 9.75. The standard InChI is InChI=1S/C21H18BrClN2S/c1-14-6-5-9-16(12-14)20(15-7-3-2-4-8-15)25-21(26)24-17-10-11-18(22)19(23)13-17/h2-13,20H,1H3,(H2,24,25,26)/t20-/m1/s1. The van der Waals surface area contributed by atoms with E-state index < -0.39 is 0 Å². The van der Waals surface area contributed by atoms with Crippen molar-refractivity contribution in [3.8, 4) is 0 Å². The van der Waals surface area contributed by atoms with Gasteiger partial charge in [0.05, 0.1) is 11.1 Å². The lowest BCUT2D eigenvalue weighted by molar-refractivity contribution is 0.768. The van der Waals surface area contributed by atoms with Crippen LogP contribution in [0.5, 0.6) is 0 Å². The van der Waals surface area contributed by atoms with Gasteiger partial charge in [0.25, 0.3) is 0 Å². The molecule has 0 aromatic heterocycles. The van der Waals surface area contributed by atoms with Gasteiger partial charge in [-0.05, 0) is 64.4 Å². The number of halogens is 2. The Morgan fingerprint density at radius 1 is 0.962 bits per heavy atom. The fraction of sp³-hybridized carbons (Fsp3) is 0.0952. The van der Waals surface area contributed by atoms with Crippen LogP contribution in [0.25, 0.3) is 0 Å². The van der Waals surface area contributed by atoms with Gasteiger partial charge in [0.2, 0.25) is 0 Å². The Kier molecular flexibility index (Phi) is 6.30. The summed E-state index contributed by atoms with van der Waals surface area (Å²) in [6.45, 7) is 2.09. The van der Waals surface area contributed by atoms with Gasteiger partial charge in [0, 0.05) is 10.2 Å². The lowest BCUT2D eigenvalue weighted by atomic mass is 9.97. The largest absolute Gasteiger partial charge is 0.352 e. The number of rotatable bonds is 4. The van der Waals surface area contributed by atoms with Gasteiger partial charge in [0.1, 0.15) is 0 Å². The maximum Gasteiger partial charge on any atom is 0.171 e. The third-order valence-corrected chi connectivity index (χ3v) is 5.41. The van der Waals surface area contributed by atoms with E-state index in [0.717, 1.165) is 21.3 Å². The Morgan fingerprint density at radius 2 is 1.69 bits per heavy atom. The Bertz CT molecular complexity index is 915. The summed E-state index contributed by atoms with van der Waals surface area (Å²) in [7, 11) is 0. The fourth-order valence-electron chi connectivity index (χ4n) is 2.73. The molecule has 0 aliphatic rings. The SMILES string of the molecule is Cc1cccc([C@H](NC(=S)Nc2ccc(Br)c(Cl)c2)c2ccccc2)c1. The smallest absolute Gasteiger partial charge is 0.171 e. The molecule has 26 heavy (non-hydrogen) atoms. The molecule has 0 unspecified atom stereocenters. The van der Waals surface area contributed by atoms with Gasteiger partial charge in [-0.25, -0.2) is 0 Å².